The molecule has 1 aromatic carbocycles. The Labute approximate surface area is 112 Å². The van der Waals surface area contributed by atoms with E-state index < -0.39 is 0 Å². The molecule has 98 valence electrons. The van der Waals surface area contributed by atoms with E-state index in [-0.39, 0.29) is 16.9 Å². The molecule has 1 atom stereocenters. The molecule has 2 rings (SSSR count). The van der Waals surface area contributed by atoms with Gasteiger partial charge < -0.3 is 10.1 Å². The Bertz CT molecular complexity index is 440. The van der Waals surface area contributed by atoms with Gasteiger partial charge in [0.05, 0.1) is 12.6 Å². The Morgan fingerprint density at radius 2 is 2.06 bits per heavy atom. The molecule has 3 nitrogen and oxygen atoms in total. The van der Waals surface area contributed by atoms with Gasteiger partial charge in [-0.3, -0.25) is 0 Å². The number of nitrogens with one attached hydrogen (secondary N) is 1. The van der Waals surface area contributed by atoms with Crippen molar-refractivity contribution in [3.05, 3.63) is 29.8 Å². The highest BCUT2D eigenvalue weighted by molar-refractivity contribution is 8.00. The monoisotopic (exact) mass is 265 g/mol. The van der Waals surface area contributed by atoms with Gasteiger partial charge in [0.2, 0.25) is 0 Å². The summed E-state index contributed by atoms with van der Waals surface area (Å²) in [6, 6.07) is 8.33. The van der Waals surface area contributed by atoms with E-state index in [4.69, 9.17) is 4.74 Å². The lowest BCUT2D eigenvalue weighted by Crippen LogP contribution is -2.35. The molecule has 18 heavy (non-hydrogen) atoms. The Morgan fingerprint density at radius 3 is 2.72 bits per heavy atom. The highest BCUT2D eigenvalue weighted by Crippen LogP contribution is 2.37. The SMILES string of the molecule is CC(C)(C)Sc1ccccc1[C@@H]1CCOC(=O)N1. The molecule has 1 saturated heterocycles. The van der Waals surface area contributed by atoms with E-state index in [2.05, 4.69) is 38.2 Å². The number of cyclic esters (lactones) is 1. The number of amides is 1. The molecule has 1 fully saturated rings. The first kappa shape index (κ1) is 13.3. The molecular formula is C14H19NO2S. The number of thioether (sulfide) groups is 1. The molecule has 1 aromatic rings. The van der Waals surface area contributed by atoms with Crippen molar-refractivity contribution in [2.24, 2.45) is 0 Å². The van der Waals surface area contributed by atoms with Gasteiger partial charge in [0, 0.05) is 16.1 Å². The summed E-state index contributed by atoms with van der Waals surface area (Å²) in [5.41, 5.74) is 1.19. The van der Waals surface area contributed by atoms with Gasteiger partial charge in [0.25, 0.3) is 0 Å². The van der Waals surface area contributed by atoms with E-state index in [1.54, 1.807) is 0 Å². The molecule has 1 N–H and O–H groups in total. The molecule has 0 bridgehead atoms. The average molecular weight is 265 g/mol. The van der Waals surface area contributed by atoms with Crippen molar-refractivity contribution in [2.75, 3.05) is 6.61 Å². The van der Waals surface area contributed by atoms with Crippen LogP contribution in [-0.2, 0) is 4.74 Å². The van der Waals surface area contributed by atoms with Gasteiger partial charge >= 0.3 is 6.09 Å². The van der Waals surface area contributed by atoms with Gasteiger partial charge in [0.15, 0.2) is 0 Å². The van der Waals surface area contributed by atoms with Crippen LogP contribution in [0.5, 0.6) is 0 Å². The summed E-state index contributed by atoms with van der Waals surface area (Å²) in [6.07, 6.45) is 0.509. The first-order chi connectivity index (χ1) is 8.46. The second-order valence-corrected chi connectivity index (χ2v) is 7.24. The number of alkyl carbamates (subject to hydrolysis) is 1. The zero-order valence-electron chi connectivity index (χ0n) is 11.0. The molecule has 0 radical (unpaired) electrons. The molecule has 0 saturated carbocycles. The smallest absolute Gasteiger partial charge is 0.407 e. The summed E-state index contributed by atoms with van der Waals surface area (Å²) >= 11 is 1.83. The third kappa shape index (κ3) is 3.42. The van der Waals surface area contributed by atoms with Crippen molar-refractivity contribution in [3.63, 3.8) is 0 Å². The molecular weight excluding hydrogens is 246 g/mol. The molecule has 0 spiro atoms. The largest absolute Gasteiger partial charge is 0.449 e. The van der Waals surface area contributed by atoms with Gasteiger partial charge in [-0.05, 0) is 11.6 Å². The Morgan fingerprint density at radius 1 is 1.33 bits per heavy atom. The van der Waals surface area contributed by atoms with Crippen LogP contribution >= 0.6 is 11.8 Å². The van der Waals surface area contributed by atoms with Crippen LogP contribution in [0.25, 0.3) is 0 Å². The van der Waals surface area contributed by atoms with Gasteiger partial charge in [-0.15, -0.1) is 11.8 Å². The molecule has 0 aromatic heterocycles. The van der Waals surface area contributed by atoms with E-state index in [9.17, 15) is 4.79 Å². The summed E-state index contributed by atoms with van der Waals surface area (Å²) in [5, 5.41) is 2.88. The molecule has 0 unspecified atom stereocenters. The van der Waals surface area contributed by atoms with E-state index in [1.807, 2.05) is 23.9 Å². The summed E-state index contributed by atoms with van der Waals surface area (Å²) in [4.78, 5) is 12.5. The Hall–Kier alpha value is -1.16. The molecule has 1 aliphatic heterocycles. The third-order valence-corrected chi connectivity index (χ3v) is 3.85. The predicted molar refractivity (Wildman–Crippen MR) is 73.9 cm³/mol. The predicted octanol–water partition coefficient (Wildman–Crippen LogP) is 3.75. The Balaban J connectivity index is 2.24. The normalized spacial score (nSPS) is 20.2. The van der Waals surface area contributed by atoms with Crippen LogP contribution in [0.2, 0.25) is 0 Å². The van der Waals surface area contributed by atoms with Crippen molar-refractivity contribution in [3.8, 4) is 0 Å². The first-order valence-corrected chi connectivity index (χ1v) is 6.98. The number of benzene rings is 1. The molecule has 1 aliphatic rings. The molecule has 1 heterocycles. The second kappa shape index (κ2) is 5.22. The highest BCUT2D eigenvalue weighted by atomic mass is 32.2. The lowest BCUT2D eigenvalue weighted by Gasteiger charge is -2.27. The van der Waals surface area contributed by atoms with Crippen LogP contribution in [-0.4, -0.2) is 17.4 Å². The minimum absolute atomic E-state index is 0.0669. The number of carbonyl (C=O) groups excluding carboxylic acids is 1. The number of carbonyl (C=O) groups is 1. The highest BCUT2D eigenvalue weighted by Gasteiger charge is 2.24. The fourth-order valence-electron chi connectivity index (χ4n) is 1.95. The fourth-order valence-corrected chi connectivity index (χ4v) is 3.08. The first-order valence-electron chi connectivity index (χ1n) is 6.17. The number of hydrogen-bond acceptors (Lipinski definition) is 3. The van der Waals surface area contributed by atoms with E-state index in [1.165, 1.54) is 10.5 Å². The van der Waals surface area contributed by atoms with Gasteiger partial charge in [-0.2, -0.15) is 0 Å². The van der Waals surface area contributed by atoms with Crippen molar-refractivity contribution in [2.45, 2.75) is 42.9 Å². The number of ether oxygens (including phenoxy) is 1. The van der Waals surface area contributed by atoms with Gasteiger partial charge in [0.1, 0.15) is 0 Å². The van der Waals surface area contributed by atoms with Crippen molar-refractivity contribution in [1.29, 1.82) is 0 Å². The lowest BCUT2D eigenvalue weighted by molar-refractivity contribution is 0.115. The maximum absolute atomic E-state index is 11.3. The van der Waals surface area contributed by atoms with E-state index in [0.717, 1.165) is 6.42 Å². The van der Waals surface area contributed by atoms with Crippen LogP contribution in [0.3, 0.4) is 0 Å². The second-order valence-electron chi connectivity index (χ2n) is 5.37. The zero-order chi connectivity index (χ0) is 13.2. The summed E-state index contributed by atoms with van der Waals surface area (Å²) in [5.74, 6) is 0. The quantitative estimate of drug-likeness (QED) is 0.828. The Kier molecular flexibility index (Phi) is 3.85. The van der Waals surface area contributed by atoms with Gasteiger partial charge in [-0.1, -0.05) is 39.0 Å². The lowest BCUT2D eigenvalue weighted by atomic mass is 10.0. The van der Waals surface area contributed by atoms with Crippen molar-refractivity contribution < 1.29 is 9.53 Å². The molecule has 0 aliphatic carbocycles. The van der Waals surface area contributed by atoms with E-state index in [0.29, 0.717) is 6.61 Å². The van der Waals surface area contributed by atoms with Crippen LogP contribution in [0.1, 0.15) is 38.8 Å². The topological polar surface area (TPSA) is 38.3 Å². The van der Waals surface area contributed by atoms with Crippen LogP contribution in [0, 0.1) is 0 Å². The van der Waals surface area contributed by atoms with Crippen molar-refractivity contribution in [1.82, 2.24) is 5.32 Å². The van der Waals surface area contributed by atoms with Crippen LogP contribution in [0.15, 0.2) is 29.2 Å². The average Bonchev–Trinajstić information content (AvgIpc) is 2.27. The maximum Gasteiger partial charge on any atom is 0.407 e. The molecule has 1 amide bonds. The zero-order valence-corrected chi connectivity index (χ0v) is 11.8. The van der Waals surface area contributed by atoms with Crippen LogP contribution in [0.4, 0.5) is 4.79 Å². The van der Waals surface area contributed by atoms with Crippen LogP contribution < -0.4 is 5.32 Å². The molecule has 4 heteroatoms. The van der Waals surface area contributed by atoms with Gasteiger partial charge in [-0.25, -0.2) is 4.79 Å². The van der Waals surface area contributed by atoms with Crippen molar-refractivity contribution >= 4 is 17.9 Å². The maximum atomic E-state index is 11.3. The number of hydrogen-bond donors (Lipinski definition) is 1. The van der Waals surface area contributed by atoms with E-state index >= 15 is 0 Å². The summed E-state index contributed by atoms with van der Waals surface area (Å²) in [6.45, 7) is 7.07. The summed E-state index contributed by atoms with van der Waals surface area (Å²) in [7, 11) is 0. The number of rotatable bonds is 2. The third-order valence-electron chi connectivity index (χ3n) is 2.64. The standard InChI is InChI=1S/C14H19NO2S/c1-14(2,3)18-12-7-5-4-6-10(12)11-8-9-17-13(16)15-11/h4-7,11H,8-9H2,1-3H3,(H,15,16)/t11-/m0/s1. The minimum atomic E-state index is -0.318. The fraction of sp³-hybridized carbons (Fsp3) is 0.500. The minimum Gasteiger partial charge on any atom is -0.449 e. The summed E-state index contributed by atoms with van der Waals surface area (Å²) < 4.78 is 5.07.